The van der Waals surface area contributed by atoms with Crippen LogP contribution in [0.25, 0.3) is 0 Å². The number of hydrogen-bond acceptors (Lipinski definition) is 4. The average molecular weight is 305 g/mol. The first-order valence-corrected chi connectivity index (χ1v) is 7.03. The van der Waals surface area contributed by atoms with Gasteiger partial charge in [0.15, 0.2) is 0 Å². The minimum absolute atomic E-state index is 0.0449. The van der Waals surface area contributed by atoms with Gasteiger partial charge in [-0.3, -0.25) is 14.5 Å². The minimum atomic E-state index is -1.15. The van der Waals surface area contributed by atoms with E-state index in [0.717, 1.165) is 11.2 Å². The standard InChI is InChI=1S/C14H13NO5.C2H6/c16-12-5-3-1-2-4-6-13(17)15(12)7-10-8-20-9-11(10)14(18)19;1-2/h1-4,8-9H,5-7H2,(H,18,19);1-2H3/b3-1-,4-2-;. The fraction of sp³-hybridized carbons (Fsp3) is 0.312. The Bertz CT molecular complexity index is 571. The van der Waals surface area contributed by atoms with Gasteiger partial charge in [-0.2, -0.15) is 0 Å². The van der Waals surface area contributed by atoms with Crippen LogP contribution >= 0.6 is 0 Å². The third kappa shape index (κ3) is 4.44. The summed E-state index contributed by atoms with van der Waals surface area (Å²) in [6, 6.07) is 0. The summed E-state index contributed by atoms with van der Waals surface area (Å²) in [7, 11) is 0. The van der Waals surface area contributed by atoms with E-state index in [1.807, 2.05) is 13.8 Å². The summed E-state index contributed by atoms with van der Waals surface area (Å²) in [5.41, 5.74) is 0.253. The molecule has 22 heavy (non-hydrogen) atoms. The Balaban J connectivity index is 0.00000116. The van der Waals surface area contributed by atoms with E-state index in [1.165, 1.54) is 6.26 Å². The van der Waals surface area contributed by atoms with Crippen LogP contribution in [0.15, 0.2) is 41.2 Å². The van der Waals surface area contributed by atoms with E-state index >= 15 is 0 Å². The second-order valence-electron chi connectivity index (χ2n) is 4.25. The molecule has 1 aliphatic heterocycles. The summed E-state index contributed by atoms with van der Waals surface area (Å²) >= 11 is 0. The van der Waals surface area contributed by atoms with Crippen LogP contribution in [0.5, 0.6) is 0 Å². The van der Waals surface area contributed by atoms with Crippen LogP contribution in [-0.4, -0.2) is 27.8 Å². The van der Waals surface area contributed by atoms with E-state index in [0.29, 0.717) is 5.56 Å². The normalized spacial score (nSPS) is 17.6. The van der Waals surface area contributed by atoms with E-state index in [2.05, 4.69) is 0 Å². The Labute approximate surface area is 128 Å². The molecule has 0 saturated heterocycles. The van der Waals surface area contributed by atoms with Crippen molar-refractivity contribution in [2.24, 2.45) is 0 Å². The van der Waals surface area contributed by atoms with Crippen molar-refractivity contribution in [3.8, 4) is 0 Å². The lowest BCUT2D eigenvalue weighted by atomic mass is 10.1. The fourth-order valence-corrected chi connectivity index (χ4v) is 1.83. The average Bonchev–Trinajstić information content (AvgIpc) is 2.99. The number of furan rings is 1. The molecule has 2 amide bonds. The van der Waals surface area contributed by atoms with Crippen LogP contribution in [0.2, 0.25) is 0 Å². The number of carboxylic acid groups (broad SMARTS) is 1. The molecule has 1 aromatic rings. The molecule has 0 aromatic carbocycles. The lowest BCUT2D eigenvalue weighted by Gasteiger charge is -2.19. The number of allylic oxidation sites excluding steroid dienone is 2. The molecule has 0 fully saturated rings. The third-order valence-corrected chi connectivity index (χ3v) is 2.87. The van der Waals surface area contributed by atoms with Gasteiger partial charge < -0.3 is 9.52 Å². The molecule has 0 saturated carbocycles. The van der Waals surface area contributed by atoms with Gasteiger partial charge in [-0.25, -0.2) is 4.79 Å². The fourth-order valence-electron chi connectivity index (χ4n) is 1.83. The first-order valence-electron chi connectivity index (χ1n) is 7.03. The molecule has 0 atom stereocenters. The highest BCUT2D eigenvalue weighted by atomic mass is 16.4. The number of carbonyl (C=O) groups is 3. The highest BCUT2D eigenvalue weighted by Gasteiger charge is 2.23. The molecule has 2 heterocycles. The van der Waals surface area contributed by atoms with Crippen LogP contribution in [0, 0.1) is 0 Å². The predicted octanol–water partition coefficient (Wildman–Crippen LogP) is 2.77. The lowest BCUT2D eigenvalue weighted by Crippen LogP contribution is -2.35. The van der Waals surface area contributed by atoms with Crippen molar-refractivity contribution in [3.63, 3.8) is 0 Å². The number of carboxylic acids is 1. The van der Waals surface area contributed by atoms with Gasteiger partial charge in [0.05, 0.1) is 12.8 Å². The minimum Gasteiger partial charge on any atom is -0.478 e. The highest BCUT2D eigenvalue weighted by molar-refractivity contribution is 5.97. The number of rotatable bonds is 3. The third-order valence-electron chi connectivity index (χ3n) is 2.87. The molecule has 118 valence electrons. The maximum Gasteiger partial charge on any atom is 0.339 e. The molecular formula is C16H19NO5. The van der Waals surface area contributed by atoms with Crippen LogP contribution < -0.4 is 0 Å². The molecule has 6 heteroatoms. The van der Waals surface area contributed by atoms with Gasteiger partial charge in [-0.1, -0.05) is 38.2 Å². The van der Waals surface area contributed by atoms with Gasteiger partial charge in [0.2, 0.25) is 11.8 Å². The number of amides is 2. The van der Waals surface area contributed by atoms with Crippen molar-refractivity contribution in [1.82, 2.24) is 4.90 Å². The van der Waals surface area contributed by atoms with Gasteiger partial charge in [0.1, 0.15) is 11.8 Å². The van der Waals surface area contributed by atoms with E-state index < -0.39 is 5.97 Å². The van der Waals surface area contributed by atoms with Crippen molar-refractivity contribution >= 4 is 17.8 Å². The zero-order chi connectivity index (χ0) is 16.5. The monoisotopic (exact) mass is 305 g/mol. The summed E-state index contributed by atoms with van der Waals surface area (Å²) in [6.45, 7) is 3.90. The van der Waals surface area contributed by atoms with Gasteiger partial charge in [0.25, 0.3) is 0 Å². The Morgan fingerprint density at radius 3 is 2.18 bits per heavy atom. The maximum atomic E-state index is 12.0. The molecule has 0 bridgehead atoms. The summed E-state index contributed by atoms with van der Waals surface area (Å²) in [5.74, 6) is -1.89. The van der Waals surface area contributed by atoms with Crippen LogP contribution in [0.4, 0.5) is 0 Å². The molecule has 6 nitrogen and oxygen atoms in total. The van der Waals surface area contributed by atoms with E-state index in [4.69, 9.17) is 9.52 Å². The van der Waals surface area contributed by atoms with Crippen LogP contribution in [0.3, 0.4) is 0 Å². The number of hydrogen-bond donors (Lipinski definition) is 1. The molecule has 1 N–H and O–H groups in total. The second-order valence-corrected chi connectivity index (χ2v) is 4.25. The first kappa shape index (κ1) is 17.4. The molecule has 0 spiro atoms. The van der Waals surface area contributed by atoms with Crippen molar-refractivity contribution in [2.45, 2.75) is 33.2 Å². The van der Waals surface area contributed by atoms with Crippen molar-refractivity contribution in [2.75, 3.05) is 0 Å². The molecule has 2 rings (SSSR count). The summed E-state index contributed by atoms with van der Waals surface area (Å²) in [6.07, 6.45) is 9.22. The Morgan fingerprint density at radius 1 is 1.14 bits per heavy atom. The van der Waals surface area contributed by atoms with Crippen molar-refractivity contribution in [1.29, 1.82) is 0 Å². The number of imide groups is 1. The Hall–Kier alpha value is -2.63. The predicted molar refractivity (Wildman–Crippen MR) is 80.1 cm³/mol. The maximum absolute atomic E-state index is 12.0. The summed E-state index contributed by atoms with van der Waals surface area (Å²) in [5, 5.41) is 8.99. The second kappa shape index (κ2) is 8.61. The van der Waals surface area contributed by atoms with Crippen LogP contribution in [0.1, 0.15) is 42.6 Å². The molecule has 0 unspecified atom stereocenters. The number of nitrogens with zero attached hydrogens (tertiary/aromatic N) is 1. The van der Waals surface area contributed by atoms with Crippen LogP contribution in [-0.2, 0) is 16.1 Å². The van der Waals surface area contributed by atoms with E-state index in [9.17, 15) is 14.4 Å². The zero-order valence-electron chi connectivity index (χ0n) is 12.6. The van der Waals surface area contributed by atoms with E-state index in [-0.39, 0.29) is 36.8 Å². The largest absolute Gasteiger partial charge is 0.478 e. The first-order chi connectivity index (χ1) is 10.6. The van der Waals surface area contributed by atoms with Crippen molar-refractivity contribution < 1.29 is 23.9 Å². The highest BCUT2D eigenvalue weighted by Crippen LogP contribution is 2.16. The summed E-state index contributed by atoms with van der Waals surface area (Å²) < 4.78 is 4.84. The molecule has 1 aromatic heterocycles. The van der Waals surface area contributed by atoms with Gasteiger partial charge in [-0.05, 0) is 0 Å². The smallest absolute Gasteiger partial charge is 0.339 e. The molecular weight excluding hydrogens is 286 g/mol. The number of aromatic carboxylic acids is 1. The lowest BCUT2D eigenvalue weighted by molar-refractivity contribution is -0.144. The SMILES string of the molecule is CC.O=C(O)c1cocc1CN1C(=O)C/C=C\C=C/CC1=O. The molecule has 0 radical (unpaired) electrons. The zero-order valence-corrected chi connectivity index (χ0v) is 12.6. The summed E-state index contributed by atoms with van der Waals surface area (Å²) in [4.78, 5) is 36.0. The topological polar surface area (TPSA) is 87.8 Å². The number of carbonyl (C=O) groups excluding carboxylic acids is 2. The van der Waals surface area contributed by atoms with E-state index in [1.54, 1.807) is 24.3 Å². The van der Waals surface area contributed by atoms with Gasteiger partial charge >= 0.3 is 5.97 Å². The Morgan fingerprint density at radius 2 is 1.68 bits per heavy atom. The quantitative estimate of drug-likeness (QED) is 0.867. The molecule has 0 aliphatic carbocycles. The van der Waals surface area contributed by atoms with Gasteiger partial charge in [0, 0.05) is 18.4 Å². The van der Waals surface area contributed by atoms with Gasteiger partial charge in [-0.15, -0.1) is 0 Å². The Kier molecular flexibility index (Phi) is 6.82. The van der Waals surface area contributed by atoms with Crippen molar-refractivity contribution in [3.05, 3.63) is 48.0 Å². The molecule has 1 aliphatic rings.